The maximum Gasteiger partial charge on any atom is 0.326 e. The molecule has 6 heteroatoms. The van der Waals surface area contributed by atoms with Crippen LogP contribution in [0.5, 0.6) is 0 Å². The number of cyclic esters (lactones) is 1. The summed E-state index contributed by atoms with van der Waals surface area (Å²) in [6.45, 7) is 3.91. The summed E-state index contributed by atoms with van der Waals surface area (Å²) in [5.41, 5.74) is 2.21. The van der Waals surface area contributed by atoms with E-state index >= 15 is 0 Å². The van der Waals surface area contributed by atoms with Crippen LogP contribution in [0.4, 0.5) is 5.69 Å². The van der Waals surface area contributed by atoms with E-state index in [1.165, 1.54) is 0 Å². The molecule has 1 aliphatic heterocycles. The first kappa shape index (κ1) is 17.9. The van der Waals surface area contributed by atoms with Crippen molar-refractivity contribution < 1.29 is 9.53 Å². The van der Waals surface area contributed by atoms with Crippen molar-refractivity contribution in [3.8, 4) is 0 Å². The molecule has 140 valence electrons. The van der Waals surface area contributed by atoms with Gasteiger partial charge in [-0.1, -0.05) is 24.6 Å². The molecule has 1 atom stereocenters. The molecule has 2 bridgehead atoms. The van der Waals surface area contributed by atoms with Crippen LogP contribution in [0.1, 0.15) is 25.8 Å². The Morgan fingerprint density at radius 2 is 1.89 bits per heavy atom. The first-order valence-corrected chi connectivity index (χ1v) is 9.33. The SMILES string of the molecule is CCC1(C)OC(=O)Cn2c3cc1ccc3c(=O)c1ccc(Cl)c(N(C)C)c12. The third-order valence-corrected chi connectivity index (χ3v) is 5.81. The lowest BCUT2D eigenvalue weighted by atomic mass is 9.91. The predicted octanol–water partition coefficient (Wildman–Crippen LogP) is 4.06. The number of rotatable bonds is 2. The van der Waals surface area contributed by atoms with Crippen molar-refractivity contribution >= 4 is 45.1 Å². The number of ether oxygens (including phenoxy) is 1. The number of esters is 1. The molecule has 4 rings (SSSR count). The summed E-state index contributed by atoms with van der Waals surface area (Å²) in [5, 5.41) is 1.65. The van der Waals surface area contributed by atoms with E-state index in [2.05, 4.69) is 0 Å². The highest BCUT2D eigenvalue weighted by molar-refractivity contribution is 6.35. The summed E-state index contributed by atoms with van der Waals surface area (Å²) in [4.78, 5) is 27.8. The van der Waals surface area contributed by atoms with Crippen molar-refractivity contribution in [2.24, 2.45) is 0 Å². The number of hydrogen-bond donors (Lipinski definition) is 0. The van der Waals surface area contributed by atoms with Crippen LogP contribution in [0.25, 0.3) is 21.8 Å². The van der Waals surface area contributed by atoms with Crippen LogP contribution in [0.2, 0.25) is 5.02 Å². The van der Waals surface area contributed by atoms with E-state index in [9.17, 15) is 9.59 Å². The van der Waals surface area contributed by atoms with Gasteiger partial charge in [-0.25, -0.2) is 0 Å². The first-order valence-electron chi connectivity index (χ1n) is 8.95. The highest BCUT2D eigenvalue weighted by atomic mass is 35.5. The number of carbonyl (C=O) groups is 1. The quantitative estimate of drug-likeness (QED) is 0.494. The van der Waals surface area contributed by atoms with E-state index in [1.54, 1.807) is 12.1 Å². The molecule has 1 aliphatic rings. The molecule has 2 heterocycles. The van der Waals surface area contributed by atoms with E-state index in [1.807, 2.05) is 55.6 Å². The maximum atomic E-state index is 13.2. The number of fused-ring (bicyclic) bond motifs is 3. The Bertz CT molecular complexity index is 1170. The third-order valence-electron chi connectivity index (χ3n) is 5.51. The van der Waals surface area contributed by atoms with Crippen LogP contribution in [0, 0.1) is 0 Å². The Hall–Kier alpha value is -2.53. The zero-order valence-corrected chi connectivity index (χ0v) is 16.6. The Labute approximate surface area is 162 Å². The van der Waals surface area contributed by atoms with Crippen molar-refractivity contribution in [2.45, 2.75) is 32.4 Å². The van der Waals surface area contributed by atoms with Crippen LogP contribution in [0.3, 0.4) is 0 Å². The Kier molecular flexibility index (Phi) is 3.96. The molecule has 0 saturated heterocycles. The van der Waals surface area contributed by atoms with Gasteiger partial charge in [0.25, 0.3) is 0 Å². The molecule has 2 aromatic carbocycles. The first-order chi connectivity index (χ1) is 12.8. The molecule has 0 amide bonds. The summed E-state index contributed by atoms with van der Waals surface area (Å²) >= 11 is 6.45. The molecule has 5 nitrogen and oxygen atoms in total. The number of halogens is 1. The monoisotopic (exact) mass is 384 g/mol. The van der Waals surface area contributed by atoms with Gasteiger partial charge in [0.05, 0.1) is 21.7 Å². The van der Waals surface area contributed by atoms with Crippen LogP contribution in [0.15, 0.2) is 35.1 Å². The van der Waals surface area contributed by atoms with Crippen molar-refractivity contribution in [1.82, 2.24) is 4.57 Å². The molecule has 0 aliphatic carbocycles. The Balaban J connectivity index is 2.26. The summed E-state index contributed by atoms with van der Waals surface area (Å²) in [7, 11) is 3.74. The minimum atomic E-state index is -0.708. The van der Waals surface area contributed by atoms with E-state index in [0.29, 0.717) is 33.4 Å². The molecule has 1 aromatic heterocycles. The lowest BCUT2D eigenvalue weighted by Gasteiger charge is -2.32. The van der Waals surface area contributed by atoms with Crippen LogP contribution < -0.4 is 10.3 Å². The highest BCUT2D eigenvalue weighted by Gasteiger charge is 2.32. The van der Waals surface area contributed by atoms with E-state index in [0.717, 1.165) is 11.1 Å². The summed E-state index contributed by atoms with van der Waals surface area (Å²) in [5.74, 6) is -0.331. The van der Waals surface area contributed by atoms with Crippen molar-refractivity contribution in [1.29, 1.82) is 0 Å². The normalized spacial score (nSPS) is 19.2. The predicted molar refractivity (Wildman–Crippen MR) is 109 cm³/mol. The molecule has 0 saturated carbocycles. The zero-order valence-electron chi connectivity index (χ0n) is 15.8. The van der Waals surface area contributed by atoms with Gasteiger partial charge in [-0.05, 0) is 43.2 Å². The number of benzene rings is 2. The van der Waals surface area contributed by atoms with E-state index in [4.69, 9.17) is 16.3 Å². The minimum Gasteiger partial charge on any atom is -0.453 e. The number of hydrogen-bond acceptors (Lipinski definition) is 4. The van der Waals surface area contributed by atoms with Gasteiger partial charge in [-0.15, -0.1) is 0 Å². The summed E-state index contributed by atoms with van der Waals surface area (Å²) < 4.78 is 7.68. The molecular formula is C21H21ClN2O3. The summed E-state index contributed by atoms with van der Waals surface area (Å²) in [6.07, 6.45) is 0.650. The van der Waals surface area contributed by atoms with Crippen LogP contribution in [-0.2, 0) is 21.7 Å². The third kappa shape index (κ3) is 2.52. The standard InChI is InChI=1S/C21H21ClN2O3/c1-5-21(2)12-6-7-13-16(10-12)24(11-17(25)27-21)18-14(20(13)26)8-9-15(22)19(18)23(3)4/h6-10H,5,11H2,1-4H3. The molecule has 27 heavy (non-hydrogen) atoms. The van der Waals surface area contributed by atoms with Gasteiger partial charge < -0.3 is 14.2 Å². The van der Waals surface area contributed by atoms with Gasteiger partial charge in [-0.2, -0.15) is 0 Å². The van der Waals surface area contributed by atoms with Crippen LogP contribution in [-0.4, -0.2) is 24.6 Å². The average Bonchev–Trinajstić information content (AvgIpc) is 2.63. The Morgan fingerprint density at radius 3 is 2.56 bits per heavy atom. The second kappa shape index (κ2) is 5.99. The van der Waals surface area contributed by atoms with Gasteiger partial charge in [-0.3, -0.25) is 9.59 Å². The molecule has 1 unspecified atom stereocenters. The zero-order chi connectivity index (χ0) is 19.5. The van der Waals surface area contributed by atoms with Crippen LogP contribution >= 0.6 is 11.6 Å². The van der Waals surface area contributed by atoms with E-state index < -0.39 is 5.60 Å². The second-order valence-electron chi connectivity index (χ2n) is 7.39. The molecule has 3 aromatic rings. The fraction of sp³-hybridized carbons (Fsp3) is 0.333. The number of nitrogens with zero attached hydrogens (tertiary/aromatic N) is 2. The van der Waals surface area contributed by atoms with E-state index in [-0.39, 0.29) is 17.9 Å². The number of anilines is 1. The molecule has 0 N–H and O–H groups in total. The molecule has 0 radical (unpaired) electrons. The molecule has 0 spiro atoms. The maximum absolute atomic E-state index is 13.2. The Morgan fingerprint density at radius 1 is 1.19 bits per heavy atom. The molecular weight excluding hydrogens is 364 g/mol. The number of carbonyl (C=O) groups excluding carboxylic acids is 1. The highest BCUT2D eigenvalue weighted by Crippen LogP contribution is 2.37. The van der Waals surface area contributed by atoms with Gasteiger partial charge in [0.15, 0.2) is 5.43 Å². The van der Waals surface area contributed by atoms with Crippen molar-refractivity contribution in [3.05, 3.63) is 51.1 Å². The second-order valence-corrected chi connectivity index (χ2v) is 7.80. The van der Waals surface area contributed by atoms with Crippen molar-refractivity contribution in [2.75, 3.05) is 19.0 Å². The number of pyridine rings is 1. The van der Waals surface area contributed by atoms with Gasteiger partial charge in [0, 0.05) is 24.9 Å². The van der Waals surface area contributed by atoms with Gasteiger partial charge >= 0.3 is 5.97 Å². The smallest absolute Gasteiger partial charge is 0.326 e. The average molecular weight is 385 g/mol. The minimum absolute atomic E-state index is 0.0213. The lowest BCUT2D eigenvalue weighted by Crippen LogP contribution is -2.33. The lowest BCUT2D eigenvalue weighted by molar-refractivity contribution is -0.160. The molecule has 0 fully saturated rings. The summed E-state index contributed by atoms with van der Waals surface area (Å²) in [6, 6.07) is 9.13. The fourth-order valence-electron chi connectivity index (χ4n) is 3.89. The van der Waals surface area contributed by atoms with Gasteiger partial charge in [0.2, 0.25) is 0 Å². The topological polar surface area (TPSA) is 51.5 Å². The fourth-order valence-corrected chi connectivity index (χ4v) is 4.21. The van der Waals surface area contributed by atoms with Gasteiger partial charge in [0.1, 0.15) is 12.1 Å². The number of aromatic nitrogens is 1. The largest absolute Gasteiger partial charge is 0.453 e. The van der Waals surface area contributed by atoms with Crippen molar-refractivity contribution in [3.63, 3.8) is 0 Å².